The number of carbonyl (C=O) groups is 1. The van der Waals surface area contributed by atoms with Crippen LogP contribution in [0.3, 0.4) is 0 Å². The van der Waals surface area contributed by atoms with E-state index >= 15 is 0 Å². The Morgan fingerprint density at radius 3 is 3.21 bits per heavy atom. The Hall–Kier alpha value is -1.70. The number of ether oxygens (including phenoxy) is 1. The summed E-state index contributed by atoms with van der Waals surface area (Å²) < 4.78 is 7.66. The number of rotatable bonds is 3. The van der Waals surface area contributed by atoms with E-state index in [4.69, 9.17) is 4.74 Å². The molecule has 24 heavy (non-hydrogen) atoms. The molecule has 2 aromatic rings. The van der Waals surface area contributed by atoms with E-state index in [2.05, 4.69) is 20.8 Å². The molecule has 4 rings (SSSR count). The van der Waals surface area contributed by atoms with Gasteiger partial charge in [0.1, 0.15) is 0 Å². The van der Waals surface area contributed by atoms with Crippen molar-refractivity contribution in [2.75, 3.05) is 13.2 Å². The average Bonchev–Trinajstić information content (AvgIpc) is 3.02. The van der Waals surface area contributed by atoms with Gasteiger partial charge in [0, 0.05) is 24.7 Å². The van der Waals surface area contributed by atoms with E-state index in [1.165, 1.54) is 0 Å². The zero-order valence-corrected chi connectivity index (χ0v) is 14.2. The molecular formula is C16H22ClN5O2. The minimum Gasteiger partial charge on any atom is -0.375 e. The minimum atomic E-state index is 0. The molecule has 0 radical (unpaired) electrons. The molecule has 3 atom stereocenters. The molecule has 1 aliphatic heterocycles. The Labute approximate surface area is 146 Å². The molecule has 0 aromatic carbocycles. The van der Waals surface area contributed by atoms with E-state index in [0.717, 1.165) is 43.9 Å². The highest BCUT2D eigenvalue weighted by Crippen LogP contribution is 2.28. The van der Waals surface area contributed by atoms with Gasteiger partial charge in [0.25, 0.3) is 0 Å². The van der Waals surface area contributed by atoms with Crippen molar-refractivity contribution in [3.63, 3.8) is 0 Å². The normalized spacial score (nSPS) is 26.4. The van der Waals surface area contributed by atoms with Crippen LogP contribution in [-0.4, -0.2) is 45.8 Å². The van der Waals surface area contributed by atoms with Crippen molar-refractivity contribution >= 4 is 24.0 Å². The number of fused-ring (bicyclic) bond motifs is 2. The summed E-state index contributed by atoms with van der Waals surface area (Å²) in [6, 6.07) is 6.05. The first-order valence-corrected chi connectivity index (χ1v) is 8.22. The third-order valence-electron chi connectivity index (χ3n) is 4.80. The number of carbonyl (C=O) groups excluding carboxylic acids is 1. The van der Waals surface area contributed by atoms with Crippen LogP contribution in [0.4, 0.5) is 0 Å². The predicted molar refractivity (Wildman–Crippen MR) is 91.0 cm³/mol. The number of nitrogens with zero attached hydrogens (tertiary/aromatic N) is 3. The lowest BCUT2D eigenvalue weighted by atomic mass is 9.82. The number of nitrogens with one attached hydrogen (secondary N) is 2. The molecule has 1 saturated carbocycles. The van der Waals surface area contributed by atoms with Gasteiger partial charge in [0.05, 0.1) is 19.3 Å². The Balaban J connectivity index is 0.00000169. The van der Waals surface area contributed by atoms with Gasteiger partial charge in [0.2, 0.25) is 5.91 Å². The van der Waals surface area contributed by atoms with Crippen LogP contribution in [0.15, 0.2) is 24.4 Å². The van der Waals surface area contributed by atoms with E-state index < -0.39 is 0 Å². The molecule has 2 aliphatic rings. The Kier molecular flexibility index (Phi) is 5.33. The minimum absolute atomic E-state index is 0. The molecule has 0 spiro atoms. The van der Waals surface area contributed by atoms with Crippen molar-refractivity contribution in [1.29, 1.82) is 0 Å². The summed E-state index contributed by atoms with van der Waals surface area (Å²) in [6.45, 7) is 2.05. The van der Waals surface area contributed by atoms with Crippen LogP contribution in [0, 0.1) is 5.92 Å². The third kappa shape index (κ3) is 3.38. The molecule has 1 aliphatic carbocycles. The van der Waals surface area contributed by atoms with E-state index in [1.54, 1.807) is 0 Å². The second-order valence-electron chi connectivity index (χ2n) is 6.24. The highest BCUT2D eigenvalue weighted by atomic mass is 35.5. The lowest BCUT2D eigenvalue weighted by molar-refractivity contribution is -0.128. The number of morpholine rings is 1. The van der Waals surface area contributed by atoms with E-state index in [-0.39, 0.29) is 30.3 Å². The van der Waals surface area contributed by atoms with Crippen molar-refractivity contribution in [3.8, 4) is 0 Å². The molecule has 2 fully saturated rings. The molecule has 3 heterocycles. The van der Waals surface area contributed by atoms with Gasteiger partial charge < -0.3 is 15.4 Å². The van der Waals surface area contributed by atoms with Gasteiger partial charge in [-0.3, -0.25) is 9.20 Å². The summed E-state index contributed by atoms with van der Waals surface area (Å²) in [4.78, 5) is 12.5. The zero-order valence-electron chi connectivity index (χ0n) is 13.4. The molecular weight excluding hydrogens is 330 g/mol. The first-order chi connectivity index (χ1) is 11.3. The molecule has 1 saturated heterocycles. The largest absolute Gasteiger partial charge is 0.375 e. The number of hydrogen-bond donors (Lipinski definition) is 2. The third-order valence-corrected chi connectivity index (χ3v) is 4.80. The number of halogens is 1. The second-order valence-corrected chi connectivity index (χ2v) is 6.24. The number of amides is 1. The van der Waals surface area contributed by atoms with Gasteiger partial charge in [-0.25, -0.2) is 0 Å². The van der Waals surface area contributed by atoms with Crippen LogP contribution in [0.25, 0.3) is 5.65 Å². The van der Waals surface area contributed by atoms with E-state index in [1.807, 2.05) is 28.8 Å². The Morgan fingerprint density at radius 2 is 2.29 bits per heavy atom. The van der Waals surface area contributed by atoms with Crippen LogP contribution < -0.4 is 10.6 Å². The van der Waals surface area contributed by atoms with Crippen molar-refractivity contribution < 1.29 is 9.53 Å². The maximum atomic E-state index is 12.5. The molecule has 2 aromatic heterocycles. The van der Waals surface area contributed by atoms with Crippen LogP contribution in [0.2, 0.25) is 0 Å². The highest BCUT2D eigenvalue weighted by molar-refractivity contribution is 5.85. The number of hydrogen-bond acceptors (Lipinski definition) is 5. The zero-order chi connectivity index (χ0) is 15.6. The molecule has 8 heteroatoms. The van der Waals surface area contributed by atoms with Gasteiger partial charge in [-0.05, 0) is 31.4 Å². The van der Waals surface area contributed by atoms with Gasteiger partial charge in [-0.1, -0.05) is 6.07 Å². The predicted octanol–water partition coefficient (Wildman–Crippen LogP) is 0.924. The Morgan fingerprint density at radius 1 is 1.38 bits per heavy atom. The Bertz CT molecular complexity index is 707. The quantitative estimate of drug-likeness (QED) is 0.859. The van der Waals surface area contributed by atoms with Crippen LogP contribution >= 0.6 is 12.4 Å². The van der Waals surface area contributed by atoms with Crippen LogP contribution in [0.1, 0.15) is 25.1 Å². The monoisotopic (exact) mass is 351 g/mol. The van der Waals surface area contributed by atoms with Gasteiger partial charge >= 0.3 is 0 Å². The fourth-order valence-corrected chi connectivity index (χ4v) is 3.57. The van der Waals surface area contributed by atoms with Crippen molar-refractivity contribution in [2.45, 2.75) is 38.0 Å². The van der Waals surface area contributed by atoms with Gasteiger partial charge in [-0.2, -0.15) is 0 Å². The van der Waals surface area contributed by atoms with Crippen LogP contribution in [-0.2, 0) is 16.1 Å². The first kappa shape index (κ1) is 17.1. The maximum Gasteiger partial charge on any atom is 0.223 e. The SMILES string of the molecule is Cl.O=C(NCc1nnc2ccccn12)[C@H]1CC[C@H]2OCCN[C@@H]2C1. The van der Waals surface area contributed by atoms with E-state index in [9.17, 15) is 4.79 Å². The van der Waals surface area contributed by atoms with Gasteiger partial charge in [0.15, 0.2) is 11.5 Å². The number of aromatic nitrogens is 3. The molecule has 7 nitrogen and oxygen atoms in total. The van der Waals surface area contributed by atoms with Crippen LogP contribution in [0.5, 0.6) is 0 Å². The molecule has 0 unspecified atom stereocenters. The molecule has 1 amide bonds. The molecule has 2 N–H and O–H groups in total. The average molecular weight is 352 g/mol. The smallest absolute Gasteiger partial charge is 0.223 e. The van der Waals surface area contributed by atoms with Crippen molar-refractivity contribution in [1.82, 2.24) is 25.2 Å². The standard InChI is InChI=1S/C16H21N5O2.ClH/c22-16(11-4-5-13-12(9-11)17-6-8-23-13)18-10-15-20-19-14-3-1-2-7-21(14)15;/h1-3,7,11-13,17H,4-6,8-10H2,(H,18,22);1H/t11-,12+,13+;/m0./s1. The highest BCUT2D eigenvalue weighted by Gasteiger charge is 2.35. The fraction of sp³-hybridized carbons (Fsp3) is 0.562. The molecule has 130 valence electrons. The van der Waals surface area contributed by atoms with Crippen molar-refractivity contribution in [3.05, 3.63) is 30.2 Å². The summed E-state index contributed by atoms with van der Waals surface area (Å²) >= 11 is 0. The van der Waals surface area contributed by atoms with Gasteiger partial charge in [-0.15, -0.1) is 22.6 Å². The van der Waals surface area contributed by atoms with Crippen molar-refractivity contribution in [2.24, 2.45) is 5.92 Å². The second kappa shape index (κ2) is 7.46. The first-order valence-electron chi connectivity index (χ1n) is 8.22. The van der Waals surface area contributed by atoms with E-state index in [0.29, 0.717) is 12.6 Å². The summed E-state index contributed by atoms with van der Waals surface area (Å²) in [5.74, 6) is 0.898. The lowest BCUT2D eigenvalue weighted by Gasteiger charge is -2.39. The molecule has 0 bridgehead atoms. The summed E-state index contributed by atoms with van der Waals surface area (Å²) in [5, 5.41) is 14.7. The summed E-state index contributed by atoms with van der Waals surface area (Å²) in [5.41, 5.74) is 0.792. The maximum absolute atomic E-state index is 12.5. The topological polar surface area (TPSA) is 80.6 Å². The summed E-state index contributed by atoms with van der Waals surface area (Å²) in [7, 11) is 0. The number of pyridine rings is 1. The fourth-order valence-electron chi connectivity index (χ4n) is 3.57. The summed E-state index contributed by atoms with van der Waals surface area (Å²) in [6.07, 6.45) is 4.86. The lowest BCUT2D eigenvalue weighted by Crippen LogP contribution is -2.53.